The van der Waals surface area contributed by atoms with E-state index in [2.05, 4.69) is 17.3 Å². The number of carbonyl (C=O) groups is 1. The van der Waals surface area contributed by atoms with Crippen LogP contribution < -0.4 is 11.1 Å². The number of aryl methyl sites for hydroxylation is 1. The first-order valence-corrected chi connectivity index (χ1v) is 11.0. The summed E-state index contributed by atoms with van der Waals surface area (Å²) in [6.45, 7) is 4.77. The zero-order valence-corrected chi connectivity index (χ0v) is 18.5. The van der Waals surface area contributed by atoms with Crippen LogP contribution in [0.1, 0.15) is 54.1 Å². The lowest BCUT2D eigenvalue weighted by Gasteiger charge is -2.05. The van der Waals surface area contributed by atoms with Gasteiger partial charge >= 0.3 is 0 Å². The Kier molecular flexibility index (Phi) is 6.44. The van der Waals surface area contributed by atoms with Crippen molar-refractivity contribution in [1.29, 1.82) is 0 Å². The Balaban J connectivity index is 1.77. The fourth-order valence-corrected chi connectivity index (χ4v) is 3.68. The fourth-order valence-electron chi connectivity index (χ4n) is 3.68. The van der Waals surface area contributed by atoms with Gasteiger partial charge in [-0.05, 0) is 36.6 Å². The topological polar surface area (TPSA) is 98.2 Å². The van der Waals surface area contributed by atoms with Crippen molar-refractivity contribution in [2.24, 2.45) is 5.10 Å². The number of nitrogens with one attached hydrogen (secondary N) is 1. The summed E-state index contributed by atoms with van der Waals surface area (Å²) in [6.07, 6.45) is 6.05. The van der Waals surface area contributed by atoms with Crippen LogP contribution in [0, 0.1) is 6.92 Å². The molecule has 0 saturated heterocycles. The number of para-hydroxylation sites is 2. The van der Waals surface area contributed by atoms with Crippen LogP contribution in [-0.4, -0.2) is 33.3 Å². The molecule has 7 heteroatoms. The second-order valence-corrected chi connectivity index (χ2v) is 7.87. The number of carbonyl (C=O) groups excluding carboxylic acids is 1. The minimum absolute atomic E-state index is 0.228. The summed E-state index contributed by atoms with van der Waals surface area (Å²) >= 11 is 0. The Hall–Kier alpha value is -3.74. The standard InChI is InChI=1S/C25H28N6O/c1-3-4-5-10-15-27-25(32)21-22-24(30-20-14-9-8-13-19(20)29-22)31(23(21)26)28-16-18-12-7-6-11-17(18)2/h6-9,11-14,16H,3-5,10,15,26H2,1-2H3,(H,27,32)/b28-16-. The van der Waals surface area contributed by atoms with Gasteiger partial charge in [-0.15, -0.1) is 0 Å². The molecule has 0 aliphatic heterocycles. The zero-order chi connectivity index (χ0) is 22.5. The highest BCUT2D eigenvalue weighted by molar-refractivity contribution is 6.10. The Bertz CT molecular complexity index is 1290. The van der Waals surface area contributed by atoms with Gasteiger partial charge in [-0.2, -0.15) is 9.78 Å². The highest BCUT2D eigenvalue weighted by Crippen LogP contribution is 2.27. The summed E-state index contributed by atoms with van der Waals surface area (Å²) in [5.74, 6) is -0.0235. The van der Waals surface area contributed by atoms with Crippen LogP contribution in [0.4, 0.5) is 5.82 Å². The number of unbranched alkanes of at least 4 members (excludes halogenated alkanes) is 3. The predicted octanol–water partition coefficient (Wildman–Crippen LogP) is 4.67. The summed E-state index contributed by atoms with van der Waals surface area (Å²) in [4.78, 5) is 22.5. The predicted molar refractivity (Wildman–Crippen MR) is 130 cm³/mol. The van der Waals surface area contributed by atoms with Crippen molar-refractivity contribution in [3.8, 4) is 0 Å². The number of amides is 1. The maximum absolute atomic E-state index is 13.1. The number of hydrogen-bond acceptors (Lipinski definition) is 5. The van der Waals surface area contributed by atoms with Crippen molar-refractivity contribution in [1.82, 2.24) is 20.0 Å². The van der Waals surface area contributed by atoms with Gasteiger partial charge in [0.25, 0.3) is 5.91 Å². The van der Waals surface area contributed by atoms with Crippen molar-refractivity contribution >= 4 is 40.1 Å². The van der Waals surface area contributed by atoms with Crippen LogP contribution in [0.15, 0.2) is 53.6 Å². The Morgan fingerprint density at radius 1 is 1.06 bits per heavy atom. The lowest BCUT2D eigenvalue weighted by Crippen LogP contribution is -2.25. The molecule has 0 saturated carbocycles. The van der Waals surface area contributed by atoms with Crippen LogP contribution in [-0.2, 0) is 0 Å². The van der Waals surface area contributed by atoms with Crippen LogP contribution in [0.3, 0.4) is 0 Å². The molecule has 2 aromatic carbocycles. The number of benzene rings is 2. The first kappa shape index (κ1) is 21.5. The number of fused-ring (bicyclic) bond motifs is 2. The monoisotopic (exact) mass is 428 g/mol. The van der Waals surface area contributed by atoms with Crippen molar-refractivity contribution in [2.45, 2.75) is 39.5 Å². The molecule has 0 unspecified atom stereocenters. The summed E-state index contributed by atoms with van der Waals surface area (Å²) in [7, 11) is 0. The van der Waals surface area contributed by atoms with Gasteiger partial charge in [-0.1, -0.05) is 62.6 Å². The molecule has 0 spiro atoms. The van der Waals surface area contributed by atoms with E-state index in [1.165, 1.54) is 4.68 Å². The van der Waals surface area contributed by atoms with Gasteiger partial charge < -0.3 is 11.1 Å². The second-order valence-electron chi connectivity index (χ2n) is 7.87. The Morgan fingerprint density at radius 2 is 1.78 bits per heavy atom. The smallest absolute Gasteiger partial charge is 0.257 e. The molecule has 1 amide bonds. The molecule has 4 aromatic rings. The lowest BCUT2D eigenvalue weighted by molar-refractivity contribution is 0.0955. The van der Waals surface area contributed by atoms with Gasteiger partial charge in [0.05, 0.1) is 17.2 Å². The molecule has 7 nitrogen and oxygen atoms in total. The fraction of sp³-hybridized carbons (Fsp3) is 0.280. The highest BCUT2D eigenvalue weighted by atomic mass is 16.1. The van der Waals surface area contributed by atoms with E-state index in [1.807, 2.05) is 55.5 Å². The number of nitrogen functional groups attached to an aromatic ring is 1. The van der Waals surface area contributed by atoms with Crippen LogP contribution in [0.5, 0.6) is 0 Å². The van der Waals surface area contributed by atoms with E-state index in [0.29, 0.717) is 28.8 Å². The normalized spacial score (nSPS) is 11.6. The van der Waals surface area contributed by atoms with Gasteiger partial charge in [0, 0.05) is 6.54 Å². The second kappa shape index (κ2) is 9.60. The molecule has 164 valence electrons. The number of anilines is 1. The lowest BCUT2D eigenvalue weighted by atomic mass is 10.1. The van der Waals surface area contributed by atoms with Gasteiger partial charge in [0.2, 0.25) is 0 Å². The van der Waals surface area contributed by atoms with Crippen molar-refractivity contribution in [2.75, 3.05) is 12.3 Å². The zero-order valence-electron chi connectivity index (χ0n) is 18.5. The number of aromatic nitrogens is 3. The van der Waals surface area contributed by atoms with E-state index in [0.717, 1.165) is 42.3 Å². The molecule has 0 atom stereocenters. The number of hydrogen-bond donors (Lipinski definition) is 2. The molecule has 2 heterocycles. The van der Waals surface area contributed by atoms with Gasteiger partial charge in [-0.3, -0.25) is 4.79 Å². The van der Waals surface area contributed by atoms with Crippen LogP contribution >= 0.6 is 0 Å². The SMILES string of the molecule is CCCCCCNC(=O)c1c(N)n(/N=C\c2ccccc2C)c2nc3ccccc3nc12. The van der Waals surface area contributed by atoms with E-state index < -0.39 is 0 Å². The van der Waals surface area contributed by atoms with E-state index in [-0.39, 0.29) is 11.7 Å². The molecule has 0 fully saturated rings. The third-order valence-electron chi connectivity index (χ3n) is 5.52. The minimum atomic E-state index is -0.251. The summed E-state index contributed by atoms with van der Waals surface area (Å²) in [5.41, 5.74) is 11.1. The summed E-state index contributed by atoms with van der Waals surface area (Å²) < 4.78 is 1.51. The third-order valence-corrected chi connectivity index (χ3v) is 5.52. The van der Waals surface area contributed by atoms with Gasteiger partial charge in [0.15, 0.2) is 5.65 Å². The number of rotatable bonds is 8. The van der Waals surface area contributed by atoms with Gasteiger partial charge in [0.1, 0.15) is 16.9 Å². The van der Waals surface area contributed by atoms with E-state index >= 15 is 0 Å². The molecule has 0 radical (unpaired) electrons. The first-order valence-electron chi connectivity index (χ1n) is 11.0. The van der Waals surface area contributed by atoms with Crippen LogP contribution in [0.2, 0.25) is 0 Å². The minimum Gasteiger partial charge on any atom is -0.383 e. The largest absolute Gasteiger partial charge is 0.383 e. The average molecular weight is 429 g/mol. The maximum Gasteiger partial charge on any atom is 0.257 e. The molecule has 0 bridgehead atoms. The van der Waals surface area contributed by atoms with E-state index in [9.17, 15) is 4.79 Å². The number of nitrogens with zero attached hydrogens (tertiary/aromatic N) is 4. The number of nitrogens with two attached hydrogens (primary N) is 1. The highest BCUT2D eigenvalue weighted by Gasteiger charge is 2.23. The van der Waals surface area contributed by atoms with Crippen molar-refractivity contribution in [3.05, 3.63) is 65.2 Å². The van der Waals surface area contributed by atoms with Crippen molar-refractivity contribution in [3.63, 3.8) is 0 Å². The quantitative estimate of drug-likeness (QED) is 0.315. The maximum atomic E-state index is 13.1. The molecular weight excluding hydrogens is 400 g/mol. The molecule has 2 aromatic heterocycles. The van der Waals surface area contributed by atoms with E-state index in [1.54, 1.807) is 6.21 Å². The van der Waals surface area contributed by atoms with Crippen LogP contribution in [0.25, 0.3) is 22.2 Å². The molecular formula is C25H28N6O. The first-order chi connectivity index (χ1) is 15.6. The Morgan fingerprint density at radius 3 is 2.53 bits per heavy atom. The molecule has 0 aliphatic rings. The van der Waals surface area contributed by atoms with Crippen molar-refractivity contribution < 1.29 is 4.79 Å². The molecule has 0 aliphatic carbocycles. The molecule has 32 heavy (non-hydrogen) atoms. The molecule has 3 N–H and O–H groups in total. The van der Waals surface area contributed by atoms with E-state index in [4.69, 9.17) is 15.7 Å². The Labute approximate surface area is 187 Å². The molecule has 4 rings (SSSR count). The van der Waals surface area contributed by atoms with Gasteiger partial charge in [-0.25, -0.2) is 9.97 Å². The average Bonchev–Trinajstić information content (AvgIpc) is 3.07. The summed E-state index contributed by atoms with van der Waals surface area (Å²) in [6, 6.07) is 15.5. The summed E-state index contributed by atoms with van der Waals surface area (Å²) in [5, 5.41) is 7.56. The third kappa shape index (κ3) is 4.32.